The SMILES string of the molecule is CCCn1ncnc1CC1(O)CCC(OC)CC1. The van der Waals surface area contributed by atoms with E-state index in [1.807, 2.05) is 4.68 Å². The van der Waals surface area contributed by atoms with Crippen LogP contribution in [0.4, 0.5) is 0 Å². The molecule has 5 heteroatoms. The van der Waals surface area contributed by atoms with Gasteiger partial charge in [0.25, 0.3) is 0 Å². The van der Waals surface area contributed by atoms with Gasteiger partial charge in [-0.25, -0.2) is 4.98 Å². The highest BCUT2D eigenvalue weighted by Crippen LogP contribution is 2.32. The summed E-state index contributed by atoms with van der Waals surface area (Å²) in [4.78, 5) is 4.27. The molecule has 2 rings (SSSR count). The molecule has 0 unspecified atom stereocenters. The van der Waals surface area contributed by atoms with Gasteiger partial charge in [-0.1, -0.05) is 6.92 Å². The number of hydrogen-bond donors (Lipinski definition) is 1. The Balaban J connectivity index is 1.98. The molecule has 0 atom stereocenters. The third-order valence-electron chi connectivity index (χ3n) is 3.81. The Kier molecular flexibility index (Phi) is 4.35. The average Bonchev–Trinajstić information content (AvgIpc) is 2.78. The predicted molar refractivity (Wildman–Crippen MR) is 68.2 cm³/mol. The summed E-state index contributed by atoms with van der Waals surface area (Å²) in [5, 5.41) is 14.8. The van der Waals surface area contributed by atoms with Gasteiger partial charge in [0.15, 0.2) is 0 Å². The van der Waals surface area contributed by atoms with Gasteiger partial charge in [0.1, 0.15) is 12.2 Å². The van der Waals surface area contributed by atoms with Crippen LogP contribution < -0.4 is 0 Å². The Labute approximate surface area is 108 Å². The lowest BCUT2D eigenvalue weighted by atomic mass is 9.81. The Morgan fingerprint density at radius 1 is 1.50 bits per heavy atom. The normalized spacial score (nSPS) is 28.5. The molecule has 18 heavy (non-hydrogen) atoms. The third kappa shape index (κ3) is 3.09. The van der Waals surface area contributed by atoms with Gasteiger partial charge in [-0.05, 0) is 32.1 Å². The molecule has 102 valence electrons. The van der Waals surface area contributed by atoms with Gasteiger partial charge in [0, 0.05) is 20.1 Å². The lowest BCUT2D eigenvalue weighted by molar-refractivity contribution is -0.0443. The predicted octanol–water partition coefficient (Wildman–Crippen LogP) is 1.55. The summed E-state index contributed by atoms with van der Waals surface area (Å²) in [6.07, 6.45) is 6.93. The van der Waals surface area contributed by atoms with Crippen molar-refractivity contribution in [2.24, 2.45) is 0 Å². The van der Waals surface area contributed by atoms with Crippen molar-refractivity contribution in [2.75, 3.05) is 7.11 Å². The van der Waals surface area contributed by atoms with E-state index in [1.54, 1.807) is 13.4 Å². The Morgan fingerprint density at radius 3 is 2.83 bits per heavy atom. The molecule has 1 saturated carbocycles. The zero-order chi connectivity index (χ0) is 13.0. The molecule has 1 aliphatic rings. The molecule has 0 aromatic carbocycles. The molecule has 1 aliphatic carbocycles. The topological polar surface area (TPSA) is 60.2 Å². The molecule has 5 nitrogen and oxygen atoms in total. The molecule has 0 aliphatic heterocycles. The van der Waals surface area contributed by atoms with E-state index in [4.69, 9.17) is 4.74 Å². The number of aliphatic hydroxyl groups is 1. The number of methoxy groups -OCH3 is 1. The number of aryl methyl sites for hydroxylation is 1. The minimum atomic E-state index is -0.631. The van der Waals surface area contributed by atoms with E-state index >= 15 is 0 Å². The van der Waals surface area contributed by atoms with Crippen molar-refractivity contribution in [3.8, 4) is 0 Å². The Hall–Kier alpha value is -0.940. The Bertz CT molecular complexity index is 370. The van der Waals surface area contributed by atoms with Gasteiger partial charge in [-0.3, -0.25) is 4.68 Å². The van der Waals surface area contributed by atoms with Crippen LogP contribution in [-0.2, 0) is 17.7 Å². The number of hydrogen-bond acceptors (Lipinski definition) is 4. The molecule has 0 spiro atoms. The van der Waals surface area contributed by atoms with Crippen LogP contribution in [0.15, 0.2) is 6.33 Å². The highest BCUT2D eigenvalue weighted by atomic mass is 16.5. The third-order valence-corrected chi connectivity index (χ3v) is 3.81. The fraction of sp³-hybridized carbons (Fsp3) is 0.846. The summed E-state index contributed by atoms with van der Waals surface area (Å²) in [6.45, 7) is 2.98. The maximum atomic E-state index is 10.6. The van der Waals surface area contributed by atoms with Gasteiger partial charge < -0.3 is 9.84 Å². The first-order valence-corrected chi connectivity index (χ1v) is 6.79. The van der Waals surface area contributed by atoms with E-state index in [9.17, 15) is 5.11 Å². The molecule has 1 aromatic rings. The molecule has 0 saturated heterocycles. The Morgan fingerprint density at radius 2 is 2.22 bits per heavy atom. The van der Waals surface area contributed by atoms with Crippen LogP contribution in [0.1, 0.15) is 44.9 Å². The van der Waals surface area contributed by atoms with Crippen LogP contribution in [0.25, 0.3) is 0 Å². The van der Waals surface area contributed by atoms with E-state index < -0.39 is 5.60 Å². The van der Waals surface area contributed by atoms with Crippen LogP contribution in [-0.4, -0.2) is 38.7 Å². The van der Waals surface area contributed by atoms with Crippen molar-refractivity contribution >= 4 is 0 Å². The van der Waals surface area contributed by atoms with Gasteiger partial charge in [0.2, 0.25) is 0 Å². The van der Waals surface area contributed by atoms with Crippen molar-refractivity contribution < 1.29 is 9.84 Å². The molecule has 0 amide bonds. The highest BCUT2D eigenvalue weighted by molar-refractivity contribution is 4.97. The molecule has 1 N–H and O–H groups in total. The second kappa shape index (κ2) is 5.80. The number of nitrogens with zero attached hydrogens (tertiary/aromatic N) is 3. The molecule has 0 bridgehead atoms. The van der Waals surface area contributed by atoms with E-state index in [-0.39, 0.29) is 0 Å². The van der Waals surface area contributed by atoms with Crippen LogP contribution >= 0.6 is 0 Å². The number of aromatic nitrogens is 3. The van der Waals surface area contributed by atoms with Crippen LogP contribution in [0, 0.1) is 0 Å². The van der Waals surface area contributed by atoms with Gasteiger partial charge >= 0.3 is 0 Å². The van der Waals surface area contributed by atoms with E-state index in [0.29, 0.717) is 12.5 Å². The number of rotatable bonds is 5. The first-order chi connectivity index (χ1) is 8.67. The minimum Gasteiger partial charge on any atom is -0.389 e. The average molecular weight is 253 g/mol. The lowest BCUT2D eigenvalue weighted by Gasteiger charge is -2.35. The molecule has 1 aromatic heterocycles. The second-order valence-electron chi connectivity index (χ2n) is 5.24. The van der Waals surface area contributed by atoms with Crippen molar-refractivity contribution in [1.82, 2.24) is 14.8 Å². The maximum Gasteiger partial charge on any atom is 0.138 e. The second-order valence-corrected chi connectivity index (χ2v) is 5.24. The zero-order valence-electron chi connectivity index (χ0n) is 11.3. The molecular weight excluding hydrogens is 230 g/mol. The monoisotopic (exact) mass is 253 g/mol. The van der Waals surface area contributed by atoms with Crippen LogP contribution in [0.3, 0.4) is 0 Å². The largest absolute Gasteiger partial charge is 0.389 e. The standard InChI is InChI=1S/C13H23N3O2/c1-3-8-16-12(14-10-15-16)9-13(17)6-4-11(18-2)5-7-13/h10-11,17H,3-9H2,1-2H3. The summed E-state index contributed by atoms with van der Waals surface area (Å²) in [5.41, 5.74) is -0.631. The minimum absolute atomic E-state index is 0.304. The molecule has 1 heterocycles. The van der Waals surface area contributed by atoms with Gasteiger partial charge in [-0.15, -0.1) is 0 Å². The maximum absolute atomic E-state index is 10.6. The van der Waals surface area contributed by atoms with E-state index in [2.05, 4.69) is 17.0 Å². The van der Waals surface area contributed by atoms with Crippen molar-refractivity contribution in [2.45, 2.75) is 63.7 Å². The van der Waals surface area contributed by atoms with Crippen LogP contribution in [0.2, 0.25) is 0 Å². The van der Waals surface area contributed by atoms with E-state index in [0.717, 1.165) is 44.5 Å². The quantitative estimate of drug-likeness (QED) is 0.865. The van der Waals surface area contributed by atoms with Crippen molar-refractivity contribution in [3.05, 3.63) is 12.2 Å². The van der Waals surface area contributed by atoms with Crippen LogP contribution in [0.5, 0.6) is 0 Å². The fourth-order valence-corrected chi connectivity index (χ4v) is 2.66. The van der Waals surface area contributed by atoms with Crippen molar-refractivity contribution in [3.63, 3.8) is 0 Å². The first kappa shape index (κ1) is 13.5. The summed E-state index contributed by atoms with van der Waals surface area (Å²) < 4.78 is 7.24. The first-order valence-electron chi connectivity index (χ1n) is 6.79. The highest BCUT2D eigenvalue weighted by Gasteiger charge is 2.34. The molecule has 1 fully saturated rings. The summed E-state index contributed by atoms with van der Waals surface area (Å²) >= 11 is 0. The zero-order valence-corrected chi connectivity index (χ0v) is 11.3. The fourth-order valence-electron chi connectivity index (χ4n) is 2.66. The van der Waals surface area contributed by atoms with Gasteiger partial charge in [-0.2, -0.15) is 5.10 Å². The summed E-state index contributed by atoms with van der Waals surface area (Å²) in [7, 11) is 1.74. The number of ether oxygens (including phenoxy) is 1. The lowest BCUT2D eigenvalue weighted by Crippen LogP contribution is -2.39. The van der Waals surface area contributed by atoms with Crippen molar-refractivity contribution in [1.29, 1.82) is 0 Å². The smallest absolute Gasteiger partial charge is 0.138 e. The summed E-state index contributed by atoms with van der Waals surface area (Å²) in [5.74, 6) is 0.898. The van der Waals surface area contributed by atoms with Gasteiger partial charge in [0.05, 0.1) is 11.7 Å². The molecule has 0 radical (unpaired) electrons. The summed E-state index contributed by atoms with van der Waals surface area (Å²) in [6, 6.07) is 0. The molecular formula is C13H23N3O2. The van der Waals surface area contributed by atoms with E-state index in [1.165, 1.54) is 0 Å².